The normalized spacial score (nSPS) is 14.9. The molecule has 1 unspecified atom stereocenters. The molecule has 13 heavy (non-hydrogen) atoms. The van der Waals surface area contributed by atoms with Gasteiger partial charge in [-0.05, 0) is 42.1 Å². The molecular formula is C8H10ClO2PS. The second-order valence-electron chi connectivity index (χ2n) is 2.25. The minimum absolute atomic E-state index is 0.466. The van der Waals surface area contributed by atoms with Crippen LogP contribution in [0.25, 0.3) is 0 Å². The summed E-state index contributed by atoms with van der Waals surface area (Å²) in [5.74, 6) is -1.96. The molecule has 1 atom stereocenters. The number of hydrogen-bond acceptors (Lipinski definition) is 3. The second-order valence-corrected chi connectivity index (χ2v) is 6.93. The quantitative estimate of drug-likeness (QED) is 0.745. The molecule has 0 aliphatic rings. The van der Waals surface area contributed by atoms with E-state index in [1.165, 1.54) is 0 Å². The Morgan fingerprint density at radius 2 is 2.00 bits per heavy atom. The third-order valence-corrected chi connectivity index (χ3v) is 3.28. The number of halogens is 1. The van der Waals surface area contributed by atoms with Crippen molar-refractivity contribution in [1.82, 2.24) is 0 Å². The van der Waals surface area contributed by atoms with Crippen LogP contribution in [0, 0.1) is 0 Å². The Morgan fingerprint density at radius 1 is 1.38 bits per heavy atom. The Kier molecular flexibility index (Phi) is 4.20. The molecule has 0 aliphatic carbocycles. The summed E-state index contributed by atoms with van der Waals surface area (Å²) in [5.41, 5.74) is 0. The standard InChI is InChI=1S/C8H10ClO2PS/c1-2-10-12(9,13)11-8-6-4-3-5-7-8/h3-7H,2H2,1H3. The Balaban J connectivity index is 2.64. The van der Waals surface area contributed by atoms with Crippen LogP contribution in [0.4, 0.5) is 0 Å². The zero-order valence-corrected chi connectivity index (χ0v) is 9.61. The van der Waals surface area contributed by atoms with Crippen LogP contribution in [0.3, 0.4) is 0 Å². The van der Waals surface area contributed by atoms with Crippen molar-refractivity contribution in [1.29, 1.82) is 0 Å². The van der Waals surface area contributed by atoms with Crippen LogP contribution in [0.5, 0.6) is 5.75 Å². The van der Waals surface area contributed by atoms with Crippen molar-refractivity contribution in [3.8, 4) is 5.75 Å². The average molecular weight is 237 g/mol. The summed E-state index contributed by atoms with van der Waals surface area (Å²) >= 11 is 10.8. The Morgan fingerprint density at radius 3 is 2.54 bits per heavy atom. The summed E-state index contributed by atoms with van der Waals surface area (Å²) in [6.45, 7) is 2.30. The summed E-state index contributed by atoms with van der Waals surface area (Å²) in [4.78, 5) is 0. The lowest BCUT2D eigenvalue weighted by Gasteiger charge is -2.14. The highest BCUT2D eigenvalue weighted by Gasteiger charge is 2.15. The van der Waals surface area contributed by atoms with Crippen molar-refractivity contribution in [3.05, 3.63) is 30.3 Å². The topological polar surface area (TPSA) is 18.5 Å². The molecular weight excluding hydrogens is 227 g/mol. The number of benzene rings is 1. The van der Waals surface area contributed by atoms with Gasteiger partial charge in [-0.15, -0.1) is 0 Å². The van der Waals surface area contributed by atoms with Gasteiger partial charge in [0.2, 0.25) is 0 Å². The zero-order chi connectivity index (χ0) is 9.73. The smallest absolute Gasteiger partial charge is 0.332 e. The molecule has 1 aromatic carbocycles. The van der Waals surface area contributed by atoms with Gasteiger partial charge in [0.1, 0.15) is 5.75 Å². The Labute approximate surface area is 87.8 Å². The monoisotopic (exact) mass is 236 g/mol. The highest BCUT2D eigenvalue weighted by molar-refractivity contribution is 8.22. The molecule has 72 valence electrons. The molecule has 0 aromatic heterocycles. The lowest BCUT2D eigenvalue weighted by molar-refractivity contribution is 0.343. The van der Waals surface area contributed by atoms with E-state index in [4.69, 9.17) is 32.1 Å². The molecule has 0 fully saturated rings. The highest BCUT2D eigenvalue weighted by Crippen LogP contribution is 2.53. The number of rotatable bonds is 4. The van der Waals surface area contributed by atoms with E-state index in [0.29, 0.717) is 12.4 Å². The fourth-order valence-electron chi connectivity index (χ4n) is 0.788. The number of para-hydroxylation sites is 1. The van der Waals surface area contributed by atoms with E-state index >= 15 is 0 Å². The van der Waals surface area contributed by atoms with Crippen molar-refractivity contribution in [2.45, 2.75) is 6.92 Å². The summed E-state index contributed by atoms with van der Waals surface area (Å²) in [6, 6.07) is 9.19. The zero-order valence-electron chi connectivity index (χ0n) is 7.14. The first-order valence-electron chi connectivity index (χ1n) is 3.83. The van der Waals surface area contributed by atoms with Crippen molar-refractivity contribution in [2.75, 3.05) is 6.61 Å². The maximum Gasteiger partial charge on any atom is 0.332 e. The van der Waals surface area contributed by atoms with Gasteiger partial charge in [0, 0.05) is 0 Å². The maximum atomic E-state index is 5.85. The van der Waals surface area contributed by atoms with Gasteiger partial charge < -0.3 is 9.05 Å². The van der Waals surface area contributed by atoms with E-state index in [-0.39, 0.29) is 0 Å². The van der Waals surface area contributed by atoms with Crippen molar-refractivity contribution < 1.29 is 9.05 Å². The van der Waals surface area contributed by atoms with Crippen LogP contribution in [0.2, 0.25) is 0 Å². The second kappa shape index (κ2) is 4.97. The van der Waals surface area contributed by atoms with E-state index in [2.05, 4.69) is 0 Å². The summed E-state index contributed by atoms with van der Waals surface area (Å²) in [5, 5.41) is 0. The predicted molar refractivity (Wildman–Crippen MR) is 58.8 cm³/mol. The lowest BCUT2D eigenvalue weighted by atomic mass is 10.3. The average Bonchev–Trinajstić information content (AvgIpc) is 2.04. The molecule has 1 aromatic rings. The molecule has 2 nitrogen and oxygen atoms in total. The van der Waals surface area contributed by atoms with Crippen LogP contribution in [0.15, 0.2) is 30.3 Å². The van der Waals surface area contributed by atoms with Crippen LogP contribution >= 0.6 is 17.1 Å². The van der Waals surface area contributed by atoms with Gasteiger partial charge in [-0.3, -0.25) is 0 Å². The molecule has 0 spiro atoms. The largest absolute Gasteiger partial charge is 0.433 e. The summed E-state index contributed by atoms with van der Waals surface area (Å²) < 4.78 is 10.4. The first-order chi connectivity index (χ1) is 6.14. The van der Waals surface area contributed by atoms with Gasteiger partial charge in [-0.25, -0.2) is 0 Å². The Hall–Kier alpha value is -0.0800. The van der Waals surface area contributed by atoms with Gasteiger partial charge >= 0.3 is 5.84 Å². The predicted octanol–water partition coefficient (Wildman–Crippen LogP) is 3.57. The molecule has 0 saturated carbocycles. The number of hydrogen-bond donors (Lipinski definition) is 0. The van der Waals surface area contributed by atoms with Crippen LogP contribution in [-0.2, 0) is 16.3 Å². The Bertz CT molecular complexity index is 304. The van der Waals surface area contributed by atoms with Gasteiger partial charge in [0.15, 0.2) is 0 Å². The van der Waals surface area contributed by atoms with E-state index in [1.807, 2.05) is 25.1 Å². The van der Waals surface area contributed by atoms with Crippen LogP contribution < -0.4 is 4.52 Å². The summed E-state index contributed by atoms with van der Waals surface area (Å²) in [7, 11) is 0. The summed E-state index contributed by atoms with van der Waals surface area (Å²) in [6.07, 6.45) is 0. The van der Waals surface area contributed by atoms with Gasteiger partial charge in [0.25, 0.3) is 0 Å². The molecule has 0 saturated heterocycles. The molecule has 0 amide bonds. The van der Waals surface area contributed by atoms with Gasteiger partial charge in [-0.2, -0.15) is 0 Å². The molecule has 0 N–H and O–H groups in total. The fraction of sp³-hybridized carbons (Fsp3) is 0.250. The van der Waals surface area contributed by atoms with Crippen molar-refractivity contribution in [3.63, 3.8) is 0 Å². The third kappa shape index (κ3) is 4.10. The van der Waals surface area contributed by atoms with Gasteiger partial charge in [0.05, 0.1) is 6.61 Å². The fourth-order valence-corrected chi connectivity index (χ4v) is 2.63. The molecule has 0 radical (unpaired) electrons. The maximum absolute atomic E-state index is 5.85. The van der Waals surface area contributed by atoms with Gasteiger partial charge in [-0.1, -0.05) is 18.2 Å². The molecule has 0 heterocycles. The van der Waals surface area contributed by atoms with E-state index in [0.717, 1.165) is 0 Å². The molecule has 1 rings (SSSR count). The first-order valence-corrected chi connectivity index (χ1v) is 7.37. The first kappa shape index (κ1) is 11.0. The molecule has 5 heteroatoms. The van der Waals surface area contributed by atoms with Crippen molar-refractivity contribution in [2.24, 2.45) is 0 Å². The minimum atomic E-state index is -2.61. The van der Waals surface area contributed by atoms with E-state index in [1.54, 1.807) is 12.1 Å². The molecule has 0 bridgehead atoms. The van der Waals surface area contributed by atoms with E-state index < -0.39 is 5.84 Å². The molecule has 0 aliphatic heterocycles. The van der Waals surface area contributed by atoms with Crippen molar-refractivity contribution >= 4 is 28.9 Å². The van der Waals surface area contributed by atoms with Crippen LogP contribution in [-0.4, -0.2) is 6.61 Å². The highest BCUT2D eigenvalue weighted by atomic mass is 35.7. The van der Waals surface area contributed by atoms with E-state index in [9.17, 15) is 0 Å². The minimum Gasteiger partial charge on any atom is -0.433 e. The lowest BCUT2D eigenvalue weighted by Crippen LogP contribution is -1.91. The third-order valence-electron chi connectivity index (χ3n) is 1.24. The SMILES string of the molecule is CCOP(=S)(Cl)Oc1ccccc1. The van der Waals surface area contributed by atoms with Crippen LogP contribution in [0.1, 0.15) is 6.92 Å².